The van der Waals surface area contributed by atoms with Crippen LogP contribution in [0.25, 0.3) is 11.3 Å². The van der Waals surface area contributed by atoms with Gasteiger partial charge < -0.3 is 14.2 Å². The van der Waals surface area contributed by atoms with Crippen molar-refractivity contribution in [2.45, 2.75) is 25.3 Å². The van der Waals surface area contributed by atoms with E-state index >= 15 is 0 Å². The predicted octanol–water partition coefficient (Wildman–Crippen LogP) is 5.15. The van der Waals surface area contributed by atoms with Gasteiger partial charge in [0.15, 0.2) is 5.76 Å². The number of rotatable bonds is 6. The molecule has 146 valence electrons. The molecule has 3 heterocycles. The van der Waals surface area contributed by atoms with Crippen molar-refractivity contribution in [3.8, 4) is 11.3 Å². The number of benzene rings is 1. The van der Waals surface area contributed by atoms with E-state index in [0.29, 0.717) is 17.3 Å². The normalized spacial score (nSPS) is 16.0. The number of nitrogens with one attached hydrogen (secondary N) is 1. The molecule has 1 amide bonds. The number of halogens is 1. The van der Waals surface area contributed by atoms with Crippen molar-refractivity contribution >= 4 is 17.5 Å². The van der Waals surface area contributed by atoms with Gasteiger partial charge in [-0.05, 0) is 62.3 Å². The van der Waals surface area contributed by atoms with Crippen LogP contribution >= 0.6 is 11.6 Å². The molecular formula is C22H23ClN2O3. The summed E-state index contributed by atoms with van der Waals surface area (Å²) in [4.78, 5) is 15.0. The first-order valence-electron chi connectivity index (χ1n) is 9.63. The lowest BCUT2D eigenvalue weighted by Gasteiger charge is -2.33. The zero-order valence-electron chi connectivity index (χ0n) is 15.6. The van der Waals surface area contributed by atoms with Gasteiger partial charge in [0.2, 0.25) is 0 Å². The van der Waals surface area contributed by atoms with Crippen LogP contribution in [0.15, 0.2) is 63.6 Å². The van der Waals surface area contributed by atoms with Crippen molar-refractivity contribution in [1.29, 1.82) is 0 Å². The summed E-state index contributed by atoms with van der Waals surface area (Å²) in [7, 11) is 0. The quantitative estimate of drug-likeness (QED) is 0.623. The van der Waals surface area contributed by atoms with Gasteiger partial charge in [-0.3, -0.25) is 9.69 Å². The standard InChI is InChI=1S/C22H23ClN2O3/c23-17-8-3-2-7-16(17)19-10-11-21(28-19)22(26)24-15-18(20-9-6-14-27-20)25-12-4-1-5-13-25/h2-3,6-11,14,18H,1,4-5,12-13,15H2,(H,24,26). The van der Waals surface area contributed by atoms with Gasteiger partial charge in [0.05, 0.1) is 17.3 Å². The van der Waals surface area contributed by atoms with Crippen molar-refractivity contribution in [3.05, 3.63) is 71.3 Å². The molecule has 0 bridgehead atoms. The van der Waals surface area contributed by atoms with E-state index in [4.69, 9.17) is 20.4 Å². The monoisotopic (exact) mass is 398 g/mol. The molecule has 1 fully saturated rings. The first kappa shape index (κ1) is 18.8. The molecule has 1 saturated heterocycles. The van der Waals surface area contributed by atoms with Crippen LogP contribution in [0.2, 0.25) is 5.02 Å². The fourth-order valence-corrected chi connectivity index (χ4v) is 3.89. The van der Waals surface area contributed by atoms with Gasteiger partial charge in [0, 0.05) is 12.1 Å². The Bertz CT molecular complexity index is 914. The Kier molecular flexibility index (Phi) is 5.84. The van der Waals surface area contributed by atoms with Crippen LogP contribution < -0.4 is 5.32 Å². The first-order chi connectivity index (χ1) is 13.7. The molecule has 2 aromatic heterocycles. The summed E-state index contributed by atoms with van der Waals surface area (Å²) in [5.41, 5.74) is 0.769. The molecule has 0 radical (unpaired) electrons. The molecule has 5 nitrogen and oxygen atoms in total. The summed E-state index contributed by atoms with van der Waals surface area (Å²) in [5, 5.41) is 3.59. The number of nitrogens with zero attached hydrogens (tertiary/aromatic N) is 1. The Morgan fingerprint density at radius 2 is 1.89 bits per heavy atom. The SMILES string of the molecule is O=C(NCC(c1ccco1)N1CCCCC1)c1ccc(-c2ccccc2Cl)o1. The Balaban J connectivity index is 1.45. The molecule has 0 spiro atoms. The van der Waals surface area contributed by atoms with E-state index in [1.165, 1.54) is 19.3 Å². The maximum Gasteiger partial charge on any atom is 0.287 e. The third-order valence-electron chi connectivity index (χ3n) is 5.13. The lowest BCUT2D eigenvalue weighted by molar-refractivity contribution is 0.0888. The van der Waals surface area contributed by atoms with E-state index in [0.717, 1.165) is 24.4 Å². The van der Waals surface area contributed by atoms with Crippen LogP contribution in [0.3, 0.4) is 0 Å². The molecule has 0 saturated carbocycles. The zero-order chi connectivity index (χ0) is 19.3. The smallest absolute Gasteiger partial charge is 0.287 e. The summed E-state index contributed by atoms with van der Waals surface area (Å²) < 4.78 is 11.4. The van der Waals surface area contributed by atoms with Crippen LogP contribution in [0.5, 0.6) is 0 Å². The highest BCUT2D eigenvalue weighted by Crippen LogP contribution is 2.29. The molecule has 1 unspecified atom stereocenters. The minimum atomic E-state index is -0.244. The number of furan rings is 2. The second-order valence-electron chi connectivity index (χ2n) is 6.98. The second kappa shape index (κ2) is 8.67. The number of likely N-dealkylation sites (tertiary alicyclic amines) is 1. The number of carbonyl (C=O) groups is 1. The minimum Gasteiger partial charge on any atom is -0.468 e. The van der Waals surface area contributed by atoms with Gasteiger partial charge in [0.25, 0.3) is 5.91 Å². The second-order valence-corrected chi connectivity index (χ2v) is 7.39. The van der Waals surface area contributed by atoms with E-state index in [2.05, 4.69) is 10.2 Å². The summed E-state index contributed by atoms with van der Waals surface area (Å²) >= 11 is 6.22. The molecule has 3 aromatic rings. The van der Waals surface area contributed by atoms with Crippen LogP contribution in [0, 0.1) is 0 Å². The highest BCUT2D eigenvalue weighted by Gasteiger charge is 2.25. The minimum absolute atomic E-state index is 0.0252. The number of carbonyl (C=O) groups excluding carboxylic acids is 1. The van der Waals surface area contributed by atoms with Crippen molar-refractivity contribution in [2.75, 3.05) is 19.6 Å². The predicted molar refractivity (Wildman–Crippen MR) is 108 cm³/mol. The van der Waals surface area contributed by atoms with Gasteiger partial charge in [0.1, 0.15) is 11.5 Å². The van der Waals surface area contributed by atoms with Crippen molar-refractivity contribution in [2.24, 2.45) is 0 Å². The molecule has 28 heavy (non-hydrogen) atoms. The van der Waals surface area contributed by atoms with Gasteiger partial charge in [-0.15, -0.1) is 0 Å². The van der Waals surface area contributed by atoms with Gasteiger partial charge in [-0.2, -0.15) is 0 Å². The number of piperidine rings is 1. The fraction of sp³-hybridized carbons (Fsp3) is 0.318. The number of hydrogen-bond acceptors (Lipinski definition) is 4. The molecule has 0 aliphatic carbocycles. The van der Waals surface area contributed by atoms with Crippen LogP contribution in [-0.4, -0.2) is 30.4 Å². The molecular weight excluding hydrogens is 376 g/mol. The number of hydrogen-bond donors (Lipinski definition) is 1. The third kappa shape index (κ3) is 4.16. The van der Waals surface area contributed by atoms with E-state index in [-0.39, 0.29) is 17.7 Å². The largest absolute Gasteiger partial charge is 0.468 e. The first-order valence-corrected chi connectivity index (χ1v) is 10.0. The topological polar surface area (TPSA) is 58.6 Å². The van der Waals surface area contributed by atoms with E-state index in [1.807, 2.05) is 30.3 Å². The summed E-state index contributed by atoms with van der Waals surface area (Å²) in [6.45, 7) is 2.49. The van der Waals surface area contributed by atoms with Gasteiger partial charge in [-0.25, -0.2) is 0 Å². The Morgan fingerprint density at radius 3 is 2.64 bits per heavy atom. The third-order valence-corrected chi connectivity index (χ3v) is 5.46. The average Bonchev–Trinajstić information content (AvgIpc) is 3.42. The van der Waals surface area contributed by atoms with Crippen LogP contribution in [0.1, 0.15) is 41.6 Å². The summed E-state index contributed by atoms with van der Waals surface area (Å²) in [6.07, 6.45) is 5.27. The van der Waals surface area contributed by atoms with Gasteiger partial charge in [-0.1, -0.05) is 30.2 Å². The Labute approximate surface area is 169 Å². The molecule has 1 aliphatic heterocycles. The molecule has 1 aliphatic rings. The van der Waals surface area contributed by atoms with E-state index in [1.54, 1.807) is 24.5 Å². The summed E-state index contributed by atoms with van der Waals surface area (Å²) in [5.74, 6) is 1.48. The van der Waals surface area contributed by atoms with Crippen molar-refractivity contribution < 1.29 is 13.6 Å². The Morgan fingerprint density at radius 1 is 1.07 bits per heavy atom. The van der Waals surface area contributed by atoms with E-state index < -0.39 is 0 Å². The lowest BCUT2D eigenvalue weighted by Crippen LogP contribution is -2.40. The fourth-order valence-electron chi connectivity index (χ4n) is 3.66. The highest BCUT2D eigenvalue weighted by molar-refractivity contribution is 6.33. The van der Waals surface area contributed by atoms with Crippen LogP contribution in [-0.2, 0) is 0 Å². The van der Waals surface area contributed by atoms with Gasteiger partial charge >= 0.3 is 0 Å². The molecule has 1 atom stereocenters. The zero-order valence-corrected chi connectivity index (χ0v) is 16.3. The molecule has 1 N–H and O–H groups in total. The lowest BCUT2D eigenvalue weighted by atomic mass is 10.1. The maximum absolute atomic E-state index is 12.6. The molecule has 1 aromatic carbocycles. The average molecular weight is 399 g/mol. The highest BCUT2D eigenvalue weighted by atomic mass is 35.5. The number of amides is 1. The molecule has 6 heteroatoms. The van der Waals surface area contributed by atoms with Crippen molar-refractivity contribution in [1.82, 2.24) is 10.2 Å². The van der Waals surface area contributed by atoms with E-state index in [9.17, 15) is 4.79 Å². The summed E-state index contributed by atoms with van der Waals surface area (Å²) in [6, 6.07) is 14.7. The molecule has 4 rings (SSSR count). The van der Waals surface area contributed by atoms with Crippen LogP contribution in [0.4, 0.5) is 0 Å². The van der Waals surface area contributed by atoms with Crippen molar-refractivity contribution in [3.63, 3.8) is 0 Å². The Hall–Kier alpha value is -2.50. The maximum atomic E-state index is 12.6.